The van der Waals surface area contributed by atoms with E-state index < -0.39 is 0 Å². The number of hydrogen-bond acceptors (Lipinski definition) is 1. The van der Waals surface area contributed by atoms with Crippen molar-refractivity contribution in [1.29, 1.82) is 0 Å². The first-order valence-electron chi connectivity index (χ1n) is 3.50. The summed E-state index contributed by atoms with van der Waals surface area (Å²) in [5.74, 6) is 0. The molecule has 1 rings (SSSR count). The van der Waals surface area contributed by atoms with Crippen LogP contribution in [-0.4, -0.2) is 18.6 Å². The number of ether oxygens (including phenoxy) is 1. The van der Waals surface area contributed by atoms with E-state index in [1.807, 2.05) is 0 Å². The van der Waals surface area contributed by atoms with E-state index in [1.165, 1.54) is 19.3 Å². The molecule has 0 aliphatic heterocycles. The van der Waals surface area contributed by atoms with Gasteiger partial charge in [0.25, 0.3) is 0 Å². The summed E-state index contributed by atoms with van der Waals surface area (Å²) >= 11 is 5.91. The second-order valence-corrected chi connectivity index (χ2v) is 3.24. The van der Waals surface area contributed by atoms with Gasteiger partial charge in [0.05, 0.1) is 6.10 Å². The molecular weight excluding hydrogens is 136 g/mol. The normalized spacial score (nSPS) is 36.7. The Labute approximate surface area is 61.3 Å². The van der Waals surface area contributed by atoms with Crippen LogP contribution in [0.4, 0.5) is 0 Å². The molecule has 2 atom stereocenters. The highest BCUT2D eigenvalue weighted by Gasteiger charge is 2.18. The van der Waals surface area contributed by atoms with Crippen LogP contribution in [0.1, 0.15) is 25.7 Å². The zero-order valence-corrected chi connectivity index (χ0v) is 6.53. The van der Waals surface area contributed by atoms with Gasteiger partial charge >= 0.3 is 0 Å². The standard InChI is InChI=1S/C7H13ClO/c1-9-7-4-2-3-6(8)5-7/h6-7H,2-5H2,1H3. The van der Waals surface area contributed by atoms with Crippen LogP contribution in [0.25, 0.3) is 0 Å². The quantitative estimate of drug-likeness (QED) is 0.518. The minimum absolute atomic E-state index is 0.365. The van der Waals surface area contributed by atoms with Gasteiger partial charge in [-0.3, -0.25) is 0 Å². The monoisotopic (exact) mass is 148 g/mol. The average Bonchev–Trinajstić information content (AvgIpc) is 1.88. The van der Waals surface area contributed by atoms with Crippen LogP contribution in [-0.2, 0) is 4.74 Å². The zero-order valence-electron chi connectivity index (χ0n) is 5.77. The maximum atomic E-state index is 5.91. The first-order chi connectivity index (χ1) is 4.33. The Hall–Kier alpha value is 0.250. The molecule has 9 heavy (non-hydrogen) atoms. The molecule has 1 aliphatic rings. The van der Waals surface area contributed by atoms with E-state index in [0.717, 1.165) is 6.42 Å². The molecule has 0 aromatic rings. The van der Waals surface area contributed by atoms with Gasteiger partial charge in [0, 0.05) is 12.5 Å². The fourth-order valence-corrected chi connectivity index (χ4v) is 1.66. The third-order valence-corrected chi connectivity index (χ3v) is 2.29. The molecule has 0 spiro atoms. The molecule has 0 aromatic carbocycles. The maximum absolute atomic E-state index is 5.91. The minimum atomic E-state index is 0.365. The van der Waals surface area contributed by atoms with Crippen molar-refractivity contribution in [2.75, 3.05) is 7.11 Å². The van der Waals surface area contributed by atoms with Crippen LogP contribution in [0, 0.1) is 0 Å². The van der Waals surface area contributed by atoms with E-state index in [-0.39, 0.29) is 0 Å². The second kappa shape index (κ2) is 3.43. The molecule has 2 heteroatoms. The van der Waals surface area contributed by atoms with E-state index in [0.29, 0.717) is 11.5 Å². The second-order valence-electron chi connectivity index (χ2n) is 2.62. The van der Waals surface area contributed by atoms with Gasteiger partial charge in [-0.2, -0.15) is 0 Å². The van der Waals surface area contributed by atoms with E-state index in [9.17, 15) is 0 Å². The summed E-state index contributed by atoms with van der Waals surface area (Å²) in [6, 6.07) is 0. The Morgan fingerprint density at radius 2 is 2.22 bits per heavy atom. The highest BCUT2D eigenvalue weighted by molar-refractivity contribution is 6.20. The van der Waals surface area contributed by atoms with Gasteiger partial charge < -0.3 is 4.74 Å². The van der Waals surface area contributed by atoms with Crippen LogP contribution in [0.2, 0.25) is 0 Å². The lowest BCUT2D eigenvalue weighted by Crippen LogP contribution is -2.21. The number of hydrogen-bond donors (Lipinski definition) is 0. The van der Waals surface area contributed by atoms with Gasteiger partial charge in [0.15, 0.2) is 0 Å². The molecule has 0 radical (unpaired) electrons. The van der Waals surface area contributed by atoms with E-state index in [2.05, 4.69) is 0 Å². The molecule has 0 N–H and O–H groups in total. The largest absolute Gasteiger partial charge is 0.381 e. The predicted molar refractivity (Wildman–Crippen MR) is 38.9 cm³/mol. The Balaban J connectivity index is 2.23. The van der Waals surface area contributed by atoms with E-state index in [4.69, 9.17) is 16.3 Å². The fourth-order valence-electron chi connectivity index (χ4n) is 1.30. The molecule has 0 saturated heterocycles. The number of halogens is 1. The Morgan fingerprint density at radius 3 is 2.67 bits per heavy atom. The van der Waals surface area contributed by atoms with Crippen molar-refractivity contribution in [3.63, 3.8) is 0 Å². The van der Waals surface area contributed by atoms with Gasteiger partial charge in [-0.15, -0.1) is 11.6 Å². The van der Waals surface area contributed by atoms with Gasteiger partial charge in [0.2, 0.25) is 0 Å². The van der Waals surface area contributed by atoms with Crippen molar-refractivity contribution in [3.8, 4) is 0 Å². The summed E-state index contributed by atoms with van der Waals surface area (Å²) in [6.07, 6.45) is 5.06. The summed E-state index contributed by atoms with van der Waals surface area (Å²) < 4.78 is 5.18. The smallest absolute Gasteiger partial charge is 0.0585 e. The summed E-state index contributed by atoms with van der Waals surface area (Å²) in [5.41, 5.74) is 0. The topological polar surface area (TPSA) is 9.23 Å². The molecule has 0 amide bonds. The van der Waals surface area contributed by atoms with Crippen LogP contribution in [0.15, 0.2) is 0 Å². The van der Waals surface area contributed by atoms with Crippen LogP contribution in [0.3, 0.4) is 0 Å². The lowest BCUT2D eigenvalue weighted by molar-refractivity contribution is 0.0723. The van der Waals surface area contributed by atoms with Crippen molar-refractivity contribution < 1.29 is 4.74 Å². The highest BCUT2D eigenvalue weighted by atomic mass is 35.5. The Kier molecular flexibility index (Phi) is 2.80. The highest BCUT2D eigenvalue weighted by Crippen LogP contribution is 2.24. The third kappa shape index (κ3) is 2.15. The first kappa shape index (κ1) is 7.36. The molecule has 1 aliphatic carbocycles. The SMILES string of the molecule is COC1CCCC(Cl)C1. The summed E-state index contributed by atoms with van der Waals surface area (Å²) in [6.45, 7) is 0. The molecule has 0 heterocycles. The van der Waals surface area contributed by atoms with Gasteiger partial charge in [-0.1, -0.05) is 0 Å². The van der Waals surface area contributed by atoms with Crippen molar-refractivity contribution in [1.82, 2.24) is 0 Å². The maximum Gasteiger partial charge on any atom is 0.0585 e. The summed E-state index contributed by atoms with van der Waals surface area (Å²) in [4.78, 5) is 0. The average molecular weight is 149 g/mol. The molecular formula is C7H13ClO. The molecule has 0 bridgehead atoms. The van der Waals surface area contributed by atoms with E-state index in [1.54, 1.807) is 7.11 Å². The van der Waals surface area contributed by atoms with E-state index >= 15 is 0 Å². The Bertz CT molecular complexity index is 85.0. The molecule has 1 nitrogen and oxygen atoms in total. The van der Waals surface area contributed by atoms with Crippen molar-refractivity contribution in [2.24, 2.45) is 0 Å². The van der Waals surface area contributed by atoms with Crippen molar-refractivity contribution in [3.05, 3.63) is 0 Å². The minimum Gasteiger partial charge on any atom is -0.381 e. The van der Waals surface area contributed by atoms with Gasteiger partial charge in [0.1, 0.15) is 0 Å². The lowest BCUT2D eigenvalue weighted by Gasteiger charge is -2.23. The fraction of sp³-hybridized carbons (Fsp3) is 1.00. The third-order valence-electron chi connectivity index (χ3n) is 1.90. The molecule has 0 aromatic heterocycles. The summed E-state index contributed by atoms with van der Waals surface area (Å²) in [5, 5.41) is 0.365. The van der Waals surface area contributed by atoms with Crippen LogP contribution < -0.4 is 0 Å². The zero-order chi connectivity index (χ0) is 6.69. The van der Waals surface area contributed by atoms with Crippen LogP contribution >= 0.6 is 11.6 Å². The number of rotatable bonds is 1. The number of alkyl halides is 1. The van der Waals surface area contributed by atoms with Gasteiger partial charge in [-0.25, -0.2) is 0 Å². The molecule has 1 fully saturated rings. The lowest BCUT2D eigenvalue weighted by atomic mass is 9.97. The van der Waals surface area contributed by atoms with Crippen molar-refractivity contribution in [2.45, 2.75) is 37.2 Å². The van der Waals surface area contributed by atoms with Gasteiger partial charge in [-0.05, 0) is 25.7 Å². The van der Waals surface area contributed by atoms with Crippen LogP contribution in [0.5, 0.6) is 0 Å². The molecule has 1 saturated carbocycles. The Morgan fingerprint density at radius 1 is 1.44 bits per heavy atom. The predicted octanol–water partition coefficient (Wildman–Crippen LogP) is 2.18. The van der Waals surface area contributed by atoms with Crippen molar-refractivity contribution >= 4 is 11.6 Å². The molecule has 2 unspecified atom stereocenters. The summed E-state index contributed by atoms with van der Waals surface area (Å²) in [7, 11) is 1.76. The number of methoxy groups -OCH3 is 1. The first-order valence-corrected chi connectivity index (χ1v) is 3.93. The molecule has 54 valence electrons.